The van der Waals surface area contributed by atoms with Crippen molar-refractivity contribution in [3.05, 3.63) is 18.0 Å². The van der Waals surface area contributed by atoms with Gasteiger partial charge in [-0.15, -0.1) is 0 Å². The molecular formula is C16H28N4. The van der Waals surface area contributed by atoms with Crippen LogP contribution in [-0.4, -0.2) is 39.4 Å². The van der Waals surface area contributed by atoms with E-state index < -0.39 is 0 Å². The van der Waals surface area contributed by atoms with E-state index >= 15 is 0 Å². The molecule has 1 saturated heterocycles. The Morgan fingerprint density at radius 3 is 2.65 bits per heavy atom. The van der Waals surface area contributed by atoms with Crippen LogP contribution in [-0.2, 0) is 13.6 Å². The topological polar surface area (TPSA) is 33.1 Å². The Morgan fingerprint density at radius 1 is 1.35 bits per heavy atom. The number of aromatic nitrogens is 2. The molecule has 4 heteroatoms. The Labute approximate surface area is 122 Å². The minimum atomic E-state index is 0.313. The average molecular weight is 276 g/mol. The second kappa shape index (κ2) is 5.49. The van der Waals surface area contributed by atoms with Crippen molar-refractivity contribution in [1.82, 2.24) is 20.0 Å². The Bertz CT molecular complexity index is 445. The monoisotopic (exact) mass is 276 g/mol. The van der Waals surface area contributed by atoms with Gasteiger partial charge in [0, 0.05) is 50.0 Å². The molecule has 2 heterocycles. The summed E-state index contributed by atoms with van der Waals surface area (Å²) in [5.41, 5.74) is 1.66. The second-order valence-corrected chi connectivity index (χ2v) is 6.70. The summed E-state index contributed by atoms with van der Waals surface area (Å²) < 4.78 is 1.91. The third-order valence-corrected chi connectivity index (χ3v) is 5.32. The zero-order valence-electron chi connectivity index (χ0n) is 13.1. The van der Waals surface area contributed by atoms with Gasteiger partial charge in [-0.2, -0.15) is 5.10 Å². The molecular weight excluding hydrogens is 248 g/mol. The smallest absolute Gasteiger partial charge is 0.0534 e. The lowest BCUT2D eigenvalue weighted by molar-refractivity contribution is 0.0557. The molecule has 1 N–H and O–H groups in total. The largest absolute Gasteiger partial charge is 0.308 e. The van der Waals surface area contributed by atoms with Gasteiger partial charge in [-0.05, 0) is 31.6 Å². The molecule has 0 radical (unpaired) electrons. The van der Waals surface area contributed by atoms with Gasteiger partial charge in [0.25, 0.3) is 0 Å². The summed E-state index contributed by atoms with van der Waals surface area (Å²) in [6.07, 6.45) is 9.44. The molecule has 112 valence electrons. The van der Waals surface area contributed by atoms with E-state index in [-0.39, 0.29) is 0 Å². The predicted octanol–water partition coefficient (Wildman–Crippen LogP) is 2.16. The van der Waals surface area contributed by atoms with Gasteiger partial charge in [0.1, 0.15) is 0 Å². The number of nitrogens with zero attached hydrogens (tertiary/aromatic N) is 3. The van der Waals surface area contributed by atoms with Crippen LogP contribution >= 0.6 is 0 Å². The number of hydrogen-bond acceptors (Lipinski definition) is 3. The van der Waals surface area contributed by atoms with E-state index in [9.17, 15) is 0 Å². The van der Waals surface area contributed by atoms with Crippen LogP contribution in [0.25, 0.3) is 0 Å². The molecule has 4 nitrogen and oxygen atoms in total. The van der Waals surface area contributed by atoms with E-state index in [1.165, 1.54) is 37.8 Å². The minimum absolute atomic E-state index is 0.313. The van der Waals surface area contributed by atoms with Crippen molar-refractivity contribution in [2.24, 2.45) is 13.0 Å². The highest BCUT2D eigenvalue weighted by atomic mass is 15.3. The molecule has 1 saturated carbocycles. The Hall–Kier alpha value is -0.870. The van der Waals surface area contributed by atoms with E-state index in [1.807, 2.05) is 17.9 Å². The van der Waals surface area contributed by atoms with Crippen LogP contribution < -0.4 is 5.32 Å². The van der Waals surface area contributed by atoms with Crippen molar-refractivity contribution in [1.29, 1.82) is 0 Å². The lowest BCUT2D eigenvalue weighted by atomic mass is 9.87. The number of piperazine rings is 1. The predicted molar refractivity (Wildman–Crippen MR) is 81.4 cm³/mol. The summed E-state index contributed by atoms with van der Waals surface area (Å²) in [6, 6.07) is 0.724. The molecule has 0 spiro atoms. The second-order valence-electron chi connectivity index (χ2n) is 6.70. The lowest BCUT2D eigenvalue weighted by Crippen LogP contribution is -2.64. The fraction of sp³-hybridized carbons (Fsp3) is 0.812. The zero-order chi connectivity index (χ0) is 14.2. The molecule has 1 aliphatic heterocycles. The van der Waals surface area contributed by atoms with Crippen LogP contribution in [0.1, 0.15) is 45.1 Å². The lowest BCUT2D eigenvalue weighted by Gasteiger charge is -2.47. The summed E-state index contributed by atoms with van der Waals surface area (Å²) in [5.74, 6) is 0.922. The van der Waals surface area contributed by atoms with Crippen LogP contribution in [0.3, 0.4) is 0 Å². The first-order valence-electron chi connectivity index (χ1n) is 8.12. The van der Waals surface area contributed by atoms with Gasteiger partial charge in [0.05, 0.1) is 6.20 Å². The fourth-order valence-corrected chi connectivity index (χ4v) is 3.64. The first-order chi connectivity index (χ1) is 9.65. The van der Waals surface area contributed by atoms with Gasteiger partial charge in [0.15, 0.2) is 0 Å². The van der Waals surface area contributed by atoms with Gasteiger partial charge < -0.3 is 5.32 Å². The molecule has 1 aromatic rings. The van der Waals surface area contributed by atoms with Crippen molar-refractivity contribution in [2.45, 2.75) is 57.7 Å². The fourth-order valence-electron chi connectivity index (χ4n) is 3.64. The molecule has 2 aliphatic rings. The van der Waals surface area contributed by atoms with Crippen molar-refractivity contribution < 1.29 is 0 Å². The molecule has 1 aliphatic carbocycles. The Morgan fingerprint density at radius 2 is 2.10 bits per heavy atom. The van der Waals surface area contributed by atoms with Gasteiger partial charge in [0.2, 0.25) is 0 Å². The maximum absolute atomic E-state index is 4.32. The van der Waals surface area contributed by atoms with E-state index in [0.29, 0.717) is 5.54 Å². The molecule has 1 atom stereocenters. The summed E-state index contributed by atoms with van der Waals surface area (Å²) in [5, 5.41) is 8.18. The third kappa shape index (κ3) is 2.77. The summed E-state index contributed by atoms with van der Waals surface area (Å²) in [7, 11) is 2.00. The molecule has 2 fully saturated rings. The van der Waals surface area contributed by atoms with E-state index in [1.54, 1.807) is 0 Å². The first-order valence-corrected chi connectivity index (χ1v) is 8.12. The minimum Gasteiger partial charge on any atom is -0.308 e. The van der Waals surface area contributed by atoms with E-state index in [2.05, 4.69) is 35.4 Å². The Balaban J connectivity index is 1.74. The van der Waals surface area contributed by atoms with Gasteiger partial charge in [-0.3, -0.25) is 9.58 Å². The maximum atomic E-state index is 4.32. The molecule has 0 bridgehead atoms. The van der Waals surface area contributed by atoms with Gasteiger partial charge >= 0.3 is 0 Å². The maximum Gasteiger partial charge on any atom is 0.0534 e. The highest BCUT2D eigenvalue weighted by Gasteiger charge is 2.42. The van der Waals surface area contributed by atoms with Crippen molar-refractivity contribution in [2.75, 3.05) is 13.1 Å². The van der Waals surface area contributed by atoms with Gasteiger partial charge in [-0.1, -0.05) is 13.8 Å². The molecule has 3 rings (SSSR count). The molecule has 1 aromatic heterocycles. The van der Waals surface area contributed by atoms with E-state index in [4.69, 9.17) is 0 Å². The quantitative estimate of drug-likeness (QED) is 0.894. The van der Waals surface area contributed by atoms with Crippen molar-refractivity contribution >= 4 is 0 Å². The molecule has 20 heavy (non-hydrogen) atoms. The number of hydrogen-bond donors (Lipinski definition) is 1. The van der Waals surface area contributed by atoms with Crippen molar-refractivity contribution in [3.63, 3.8) is 0 Å². The number of aryl methyl sites for hydroxylation is 1. The summed E-state index contributed by atoms with van der Waals surface area (Å²) >= 11 is 0. The highest BCUT2D eigenvalue weighted by molar-refractivity contribution is 5.08. The van der Waals surface area contributed by atoms with E-state index in [0.717, 1.165) is 25.0 Å². The standard InChI is InChI=1S/C16H28N4/c1-4-16(5-2)12-20(11-13-8-18-19(3)10-13)15(9-17-16)14-6-7-14/h8,10,14-15,17H,4-7,9,11-12H2,1-3H3. The zero-order valence-corrected chi connectivity index (χ0v) is 13.1. The highest BCUT2D eigenvalue weighted by Crippen LogP contribution is 2.38. The SMILES string of the molecule is CCC1(CC)CN(Cc2cnn(C)c2)C(C2CC2)CN1. The van der Waals surface area contributed by atoms with Crippen molar-refractivity contribution in [3.8, 4) is 0 Å². The normalized spacial score (nSPS) is 26.9. The summed E-state index contributed by atoms with van der Waals surface area (Å²) in [4.78, 5) is 2.72. The van der Waals surface area contributed by atoms with Gasteiger partial charge in [-0.25, -0.2) is 0 Å². The molecule has 0 amide bonds. The van der Waals surface area contributed by atoms with Crippen LogP contribution in [0.4, 0.5) is 0 Å². The van der Waals surface area contributed by atoms with Crippen LogP contribution in [0.15, 0.2) is 12.4 Å². The van der Waals surface area contributed by atoms with Crippen LogP contribution in [0.5, 0.6) is 0 Å². The number of nitrogens with one attached hydrogen (secondary N) is 1. The molecule has 0 aromatic carbocycles. The van der Waals surface area contributed by atoms with Crippen LogP contribution in [0.2, 0.25) is 0 Å². The third-order valence-electron chi connectivity index (χ3n) is 5.32. The number of rotatable bonds is 5. The van der Waals surface area contributed by atoms with Crippen LogP contribution in [0, 0.1) is 5.92 Å². The molecule has 1 unspecified atom stereocenters. The average Bonchev–Trinajstić information content (AvgIpc) is 3.22. The Kier molecular flexibility index (Phi) is 3.87. The summed E-state index contributed by atoms with van der Waals surface area (Å²) in [6.45, 7) is 8.02. The first kappa shape index (κ1) is 14.1.